The maximum atomic E-state index is 12.1. The predicted molar refractivity (Wildman–Crippen MR) is 80.8 cm³/mol. The Morgan fingerprint density at radius 3 is 2.76 bits per heavy atom. The van der Waals surface area contributed by atoms with Crippen LogP contribution in [0.3, 0.4) is 0 Å². The van der Waals surface area contributed by atoms with Crippen molar-refractivity contribution in [1.29, 1.82) is 0 Å². The molecule has 0 atom stereocenters. The van der Waals surface area contributed by atoms with Crippen LogP contribution in [-0.2, 0) is 22.6 Å². The minimum Gasteiger partial charge on any atom is -0.378 e. The summed E-state index contributed by atoms with van der Waals surface area (Å²) >= 11 is 0. The van der Waals surface area contributed by atoms with E-state index in [2.05, 4.69) is 35.6 Å². The van der Waals surface area contributed by atoms with E-state index in [1.54, 1.807) is 6.33 Å². The Bertz CT molecular complexity index is 458. The molecule has 1 fully saturated rings. The van der Waals surface area contributed by atoms with Gasteiger partial charge in [0, 0.05) is 44.3 Å². The molecule has 1 saturated heterocycles. The zero-order valence-corrected chi connectivity index (χ0v) is 13.3. The van der Waals surface area contributed by atoms with Crippen LogP contribution in [-0.4, -0.2) is 52.2 Å². The molecule has 21 heavy (non-hydrogen) atoms. The number of morpholine rings is 1. The van der Waals surface area contributed by atoms with E-state index in [9.17, 15) is 4.79 Å². The smallest absolute Gasteiger partial charge is 0.224 e. The number of carbonyl (C=O) groups is 1. The van der Waals surface area contributed by atoms with E-state index in [0.29, 0.717) is 39.3 Å². The Balaban J connectivity index is 1.83. The van der Waals surface area contributed by atoms with Crippen LogP contribution in [0.25, 0.3) is 0 Å². The number of aromatic nitrogens is 2. The highest BCUT2D eigenvalue weighted by atomic mass is 16.5. The van der Waals surface area contributed by atoms with Crippen molar-refractivity contribution in [3.05, 3.63) is 18.2 Å². The van der Waals surface area contributed by atoms with E-state index < -0.39 is 0 Å². The lowest BCUT2D eigenvalue weighted by molar-refractivity contribution is -0.135. The van der Waals surface area contributed by atoms with Crippen molar-refractivity contribution in [3.8, 4) is 0 Å². The third kappa shape index (κ3) is 5.13. The fourth-order valence-corrected chi connectivity index (χ4v) is 2.24. The van der Waals surface area contributed by atoms with Crippen LogP contribution in [0, 0.1) is 0 Å². The Hall–Kier alpha value is -1.40. The number of hydrogen-bond donors (Lipinski definition) is 1. The van der Waals surface area contributed by atoms with Crippen molar-refractivity contribution in [2.24, 2.45) is 0 Å². The average Bonchev–Trinajstić information content (AvgIpc) is 2.90. The van der Waals surface area contributed by atoms with E-state index in [-0.39, 0.29) is 11.4 Å². The van der Waals surface area contributed by atoms with E-state index in [1.165, 1.54) is 0 Å². The van der Waals surface area contributed by atoms with Gasteiger partial charge in [-0.1, -0.05) is 0 Å². The summed E-state index contributed by atoms with van der Waals surface area (Å²) < 4.78 is 7.32. The van der Waals surface area contributed by atoms with Crippen LogP contribution in [0.4, 0.5) is 0 Å². The second-order valence-electron chi connectivity index (χ2n) is 6.43. The van der Waals surface area contributed by atoms with Gasteiger partial charge in [-0.3, -0.25) is 4.79 Å². The van der Waals surface area contributed by atoms with E-state index in [0.717, 1.165) is 12.2 Å². The number of aryl methyl sites for hydroxylation is 1. The fourth-order valence-electron chi connectivity index (χ4n) is 2.24. The second-order valence-corrected chi connectivity index (χ2v) is 6.43. The van der Waals surface area contributed by atoms with Crippen LogP contribution in [0.1, 0.15) is 32.9 Å². The van der Waals surface area contributed by atoms with Crippen LogP contribution in [0.5, 0.6) is 0 Å². The molecule has 2 rings (SSSR count). The van der Waals surface area contributed by atoms with Gasteiger partial charge in [-0.25, -0.2) is 4.98 Å². The van der Waals surface area contributed by atoms with Gasteiger partial charge < -0.3 is 19.5 Å². The van der Waals surface area contributed by atoms with Gasteiger partial charge in [-0.2, -0.15) is 0 Å². The summed E-state index contributed by atoms with van der Waals surface area (Å²) in [5.74, 6) is 0.196. The summed E-state index contributed by atoms with van der Waals surface area (Å²) in [5.41, 5.74) is 1.18. The van der Waals surface area contributed by atoms with E-state index in [4.69, 9.17) is 4.74 Å². The fraction of sp³-hybridized carbons (Fsp3) is 0.733. The number of rotatable bonds is 5. The predicted octanol–water partition coefficient (Wildman–Crippen LogP) is 1.02. The molecule has 1 aliphatic rings. The maximum Gasteiger partial charge on any atom is 0.224 e. The van der Waals surface area contributed by atoms with Gasteiger partial charge in [0.1, 0.15) is 0 Å². The number of amides is 1. The zero-order chi connectivity index (χ0) is 15.3. The number of imidazole rings is 1. The summed E-state index contributed by atoms with van der Waals surface area (Å²) in [6.45, 7) is 10.6. The Labute approximate surface area is 126 Å². The molecule has 1 aliphatic heterocycles. The Morgan fingerprint density at radius 2 is 2.10 bits per heavy atom. The van der Waals surface area contributed by atoms with Gasteiger partial charge in [0.25, 0.3) is 0 Å². The lowest BCUT2D eigenvalue weighted by Gasteiger charge is -2.27. The van der Waals surface area contributed by atoms with Crippen molar-refractivity contribution in [2.75, 3.05) is 26.3 Å². The lowest BCUT2D eigenvalue weighted by Crippen LogP contribution is -2.41. The summed E-state index contributed by atoms with van der Waals surface area (Å²) in [6.07, 6.45) is 4.17. The monoisotopic (exact) mass is 294 g/mol. The second kappa shape index (κ2) is 7.04. The number of nitrogens with one attached hydrogen (secondary N) is 1. The van der Waals surface area contributed by atoms with Crippen molar-refractivity contribution < 1.29 is 9.53 Å². The molecule has 6 nitrogen and oxygen atoms in total. The molecule has 118 valence electrons. The van der Waals surface area contributed by atoms with Crippen LogP contribution < -0.4 is 5.32 Å². The summed E-state index contributed by atoms with van der Waals surface area (Å²) in [4.78, 5) is 18.2. The molecule has 0 spiro atoms. The van der Waals surface area contributed by atoms with Crippen LogP contribution in [0.2, 0.25) is 0 Å². The van der Waals surface area contributed by atoms with Crippen LogP contribution >= 0.6 is 0 Å². The zero-order valence-electron chi connectivity index (χ0n) is 13.3. The van der Waals surface area contributed by atoms with Crippen molar-refractivity contribution in [1.82, 2.24) is 19.8 Å². The van der Waals surface area contributed by atoms with Crippen molar-refractivity contribution in [2.45, 2.75) is 45.8 Å². The van der Waals surface area contributed by atoms with Crippen LogP contribution in [0.15, 0.2) is 12.5 Å². The Kier molecular flexibility index (Phi) is 5.36. The third-order valence-electron chi connectivity index (χ3n) is 3.53. The molecule has 2 heterocycles. The molecule has 6 heteroatoms. The normalized spacial score (nSPS) is 16.2. The topological polar surface area (TPSA) is 59.4 Å². The molecule has 0 unspecified atom stereocenters. The van der Waals surface area contributed by atoms with Gasteiger partial charge in [0.05, 0.1) is 25.2 Å². The molecular weight excluding hydrogens is 268 g/mol. The SMILES string of the molecule is CC(C)(C)NCc1cncn1CCC(=O)N1CCOCC1. The first kappa shape index (κ1) is 16.0. The van der Waals surface area contributed by atoms with Gasteiger partial charge >= 0.3 is 0 Å². The average molecular weight is 294 g/mol. The lowest BCUT2D eigenvalue weighted by atomic mass is 10.1. The molecule has 0 bridgehead atoms. The molecule has 1 aromatic rings. The standard InChI is InChI=1S/C15H26N4O2/c1-15(2,3)17-11-13-10-16-12-19(13)5-4-14(20)18-6-8-21-9-7-18/h10,12,17H,4-9,11H2,1-3H3. The highest BCUT2D eigenvalue weighted by Gasteiger charge is 2.17. The largest absolute Gasteiger partial charge is 0.378 e. The molecule has 0 saturated carbocycles. The van der Waals surface area contributed by atoms with Crippen molar-refractivity contribution in [3.63, 3.8) is 0 Å². The molecule has 1 N–H and O–H groups in total. The molecule has 0 aromatic carbocycles. The minimum absolute atomic E-state index is 0.0682. The van der Waals surface area contributed by atoms with Gasteiger partial charge in [0.15, 0.2) is 0 Å². The molecular formula is C15H26N4O2. The molecule has 1 aromatic heterocycles. The third-order valence-corrected chi connectivity index (χ3v) is 3.53. The molecule has 1 amide bonds. The Morgan fingerprint density at radius 1 is 1.38 bits per heavy atom. The first-order valence-electron chi connectivity index (χ1n) is 7.55. The number of ether oxygens (including phenoxy) is 1. The molecule has 0 radical (unpaired) electrons. The molecule has 0 aliphatic carbocycles. The summed E-state index contributed by atoms with van der Waals surface area (Å²) in [6, 6.07) is 0. The number of nitrogens with zero attached hydrogens (tertiary/aromatic N) is 3. The highest BCUT2D eigenvalue weighted by molar-refractivity contribution is 5.76. The first-order chi connectivity index (χ1) is 9.96. The number of hydrogen-bond acceptors (Lipinski definition) is 4. The number of carbonyl (C=O) groups excluding carboxylic acids is 1. The first-order valence-corrected chi connectivity index (χ1v) is 7.55. The van der Waals surface area contributed by atoms with E-state index in [1.807, 2.05) is 11.1 Å². The maximum absolute atomic E-state index is 12.1. The van der Waals surface area contributed by atoms with Crippen molar-refractivity contribution >= 4 is 5.91 Å². The van der Waals surface area contributed by atoms with Gasteiger partial charge in [-0.15, -0.1) is 0 Å². The van der Waals surface area contributed by atoms with Gasteiger partial charge in [-0.05, 0) is 20.8 Å². The highest BCUT2D eigenvalue weighted by Crippen LogP contribution is 2.07. The quantitative estimate of drug-likeness (QED) is 0.881. The van der Waals surface area contributed by atoms with Gasteiger partial charge in [0.2, 0.25) is 5.91 Å². The van der Waals surface area contributed by atoms with E-state index >= 15 is 0 Å². The summed E-state index contributed by atoms with van der Waals surface area (Å²) in [7, 11) is 0. The minimum atomic E-state index is 0.0682. The summed E-state index contributed by atoms with van der Waals surface area (Å²) in [5, 5.41) is 3.44.